The third-order valence-electron chi connectivity index (χ3n) is 3.04. The maximum atomic E-state index is 12.0. The van der Waals surface area contributed by atoms with Crippen LogP contribution in [0.15, 0.2) is 24.3 Å². The molecule has 2 rings (SSSR count). The van der Waals surface area contributed by atoms with E-state index in [1.165, 1.54) is 0 Å². The van der Waals surface area contributed by atoms with Gasteiger partial charge in [-0.25, -0.2) is 0 Å². The lowest BCUT2D eigenvalue weighted by Crippen LogP contribution is -2.36. The number of rotatable bonds is 3. The predicted molar refractivity (Wildman–Crippen MR) is 67.9 cm³/mol. The summed E-state index contributed by atoms with van der Waals surface area (Å²) in [4.78, 5) is 12.0. The van der Waals surface area contributed by atoms with Crippen molar-refractivity contribution in [2.45, 2.75) is 26.8 Å². The maximum absolute atomic E-state index is 12.0. The first-order chi connectivity index (χ1) is 8.09. The van der Waals surface area contributed by atoms with Crippen LogP contribution in [-0.4, -0.2) is 22.1 Å². The highest BCUT2D eigenvalue weighted by atomic mass is 16.2. The van der Waals surface area contributed by atoms with Crippen molar-refractivity contribution in [3.8, 4) is 0 Å². The average molecular weight is 231 g/mol. The Kier molecular flexibility index (Phi) is 3.13. The summed E-state index contributed by atoms with van der Waals surface area (Å²) < 4.78 is 0. The molecule has 1 atom stereocenters. The Morgan fingerprint density at radius 2 is 2.00 bits per heavy atom. The van der Waals surface area contributed by atoms with E-state index in [9.17, 15) is 4.79 Å². The topological polar surface area (TPSA) is 57.8 Å². The maximum Gasteiger partial charge on any atom is 0.272 e. The first kappa shape index (κ1) is 11.6. The number of fused-ring (bicyclic) bond motifs is 1. The van der Waals surface area contributed by atoms with Crippen LogP contribution in [0.2, 0.25) is 0 Å². The zero-order valence-corrected chi connectivity index (χ0v) is 10.3. The van der Waals surface area contributed by atoms with Crippen LogP contribution in [0.5, 0.6) is 0 Å². The number of benzene rings is 1. The third kappa shape index (κ3) is 2.30. The molecule has 17 heavy (non-hydrogen) atoms. The van der Waals surface area contributed by atoms with E-state index < -0.39 is 0 Å². The monoisotopic (exact) mass is 231 g/mol. The SMILES string of the molecule is CC(C)[C@H](C)NC(=O)c1n[nH]c2ccccc12. The Bertz CT molecular complexity index is 530. The molecule has 1 aromatic heterocycles. The Balaban J connectivity index is 2.25. The van der Waals surface area contributed by atoms with Crippen molar-refractivity contribution in [1.29, 1.82) is 0 Å². The van der Waals surface area contributed by atoms with Crippen LogP contribution in [0.1, 0.15) is 31.3 Å². The molecular formula is C13H17N3O. The van der Waals surface area contributed by atoms with Crippen molar-refractivity contribution < 1.29 is 4.79 Å². The standard InChI is InChI=1S/C13H17N3O/c1-8(2)9(3)14-13(17)12-10-6-4-5-7-11(10)15-16-12/h4-9H,1-3H3,(H,14,17)(H,15,16)/t9-/m0/s1. The van der Waals surface area contributed by atoms with Crippen LogP contribution < -0.4 is 5.32 Å². The van der Waals surface area contributed by atoms with Crippen molar-refractivity contribution in [1.82, 2.24) is 15.5 Å². The molecule has 0 unspecified atom stereocenters. The number of para-hydroxylation sites is 1. The number of nitrogens with zero attached hydrogens (tertiary/aromatic N) is 1. The predicted octanol–water partition coefficient (Wildman–Crippen LogP) is 2.34. The van der Waals surface area contributed by atoms with Crippen LogP contribution >= 0.6 is 0 Å². The molecule has 90 valence electrons. The molecule has 0 aliphatic carbocycles. The molecule has 4 heteroatoms. The summed E-state index contributed by atoms with van der Waals surface area (Å²) >= 11 is 0. The number of hydrogen-bond donors (Lipinski definition) is 2. The van der Waals surface area contributed by atoms with Gasteiger partial charge in [-0.05, 0) is 18.9 Å². The first-order valence-electron chi connectivity index (χ1n) is 5.83. The lowest BCUT2D eigenvalue weighted by Gasteiger charge is -2.16. The van der Waals surface area contributed by atoms with Crippen molar-refractivity contribution >= 4 is 16.8 Å². The Morgan fingerprint density at radius 1 is 1.29 bits per heavy atom. The van der Waals surface area contributed by atoms with Gasteiger partial charge < -0.3 is 5.32 Å². The zero-order chi connectivity index (χ0) is 12.4. The molecule has 2 aromatic rings. The number of hydrogen-bond acceptors (Lipinski definition) is 2. The molecule has 2 N–H and O–H groups in total. The minimum atomic E-state index is -0.122. The number of H-pyrrole nitrogens is 1. The molecule has 1 heterocycles. The molecule has 0 saturated heterocycles. The Morgan fingerprint density at radius 3 is 2.71 bits per heavy atom. The lowest BCUT2D eigenvalue weighted by molar-refractivity contribution is 0.0927. The highest BCUT2D eigenvalue weighted by molar-refractivity contribution is 6.04. The van der Waals surface area contributed by atoms with Gasteiger partial charge in [0.05, 0.1) is 5.52 Å². The second-order valence-corrected chi connectivity index (χ2v) is 4.62. The van der Waals surface area contributed by atoms with Gasteiger partial charge in [0.15, 0.2) is 5.69 Å². The number of aromatic nitrogens is 2. The van der Waals surface area contributed by atoms with Gasteiger partial charge in [0.25, 0.3) is 5.91 Å². The quantitative estimate of drug-likeness (QED) is 0.851. The fourth-order valence-corrected chi connectivity index (χ4v) is 1.58. The molecule has 0 radical (unpaired) electrons. The summed E-state index contributed by atoms with van der Waals surface area (Å²) in [5.41, 5.74) is 1.35. The van der Waals surface area contributed by atoms with Gasteiger partial charge in [-0.15, -0.1) is 0 Å². The van der Waals surface area contributed by atoms with Gasteiger partial charge in [-0.2, -0.15) is 5.10 Å². The van der Waals surface area contributed by atoms with E-state index in [1.807, 2.05) is 31.2 Å². The highest BCUT2D eigenvalue weighted by Gasteiger charge is 2.17. The molecular weight excluding hydrogens is 214 g/mol. The largest absolute Gasteiger partial charge is 0.348 e. The molecule has 1 amide bonds. The Hall–Kier alpha value is -1.84. The summed E-state index contributed by atoms with van der Waals surface area (Å²) in [5, 5.41) is 10.7. The highest BCUT2D eigenvalue weighted by Crippen LogP contribution is 2.15. The zero-order valence-electron chi connectivity index (χ0n) is 10.3. The van der Waals surface area contributed by atoms with E-state index in [0.29, 0.717) is 11.6 Å². The summed E-state index contributed by atoms with van der Waals surface area (Å²) in [5.74, 6) is 0.285. The van der Waals surface area contributed by atoms with Gasteiger partial charge in [0, 0.05) is 11.4 Å². The van der Waals surface area contributed by atoms with Gasteiger partial charge >= 0.3 is 0 Å². The van der Waals surface area contributed by atoms with E-state index in [1.54, 1.807) is 0 Å². The van der Waals surface area contributed by atoms with Crippen LogP contribution in [0.4, 0.5) is 0 Å². The number of carbonyl (C=O) groups excluding carboxylic acids is 1. The minimum absolute atomic E-state index is 0.122. The summed E-state index contributed by atoms with van der Waals surface area (Å²) in [6.07, 6.45) is 0. The summed E-state index contributed by atoms with van der Waals surface area (Å²) in [6, 6.07) is 7.76. The van der Waals surface area contributed by atoms with E-state index in [4.69, 9.17) is 0 Å². The van der Waals surface area contributed by atoms with Crippen molar-refractivity contribution in [3.63, 3.8) is 0 Å². The molecule has 0 aliphatic heterocycles. The van der Waals surface area contributed by atoms with Crippen LogP contribution in [0, 0.1) is 5.92 Å². The summed E-state index contributed by atoms with van der Waals surface area (Å²) in [6.45, 7) is 6.15. The van der Waals surface area contributed by atoms with E-state index in [0.717, 1.165) is 10.9 Å². The van der Waals surface area contributed by atoms with E-state index >= 15 is 0 Å². The Labute approximate surface area is 100 Å². The van der Waals surface area contributed by atoms with E-state index in [-0.39, 0.29) is 11.9 Å². The van der Waals surface area contributed by atoms with Gasteiger partial charge in [-0.3, -0.25) is 9.89 Å². The van der Waals surface area contributed by atoms with Gasteiger partial charge in [0.2, 0.25) is 0 Å². The minimum Gasteiger partial charge on any atom is -0.348 e. The second-order valence-electron chi connectivity index (χ2n) is 4.62. The van der Waals surface area contributed by atoms with Crippen LogP contribution in [0.3, 0.4) is 0 Å². The first-order valence-corrected chi connectivity index (χ1v) is 5.83. The second kappa shape index (κ2) is 4.57. The van der Waals surface area contributed by atoms with Crippen molar-refractivity contribution in [3.05, 3.63) is 30.0 Å². The third-order valence-corrected chi connectivity index (χ3v) is 3.04. The normalized spacial score (nSPS) is 12.9. The van der Waals surface area contributed by atoms with Gasteiger partial charge in [-0.1, -0.05) is 32.0 Å². The molecule has 1 aromatic carbocycles. The molecule has 0 aliphatic rings. The molecule has 0 bridgehead atoms. The van der Waals surface area contributed by atoms with Gasteiger partial charge in [0.1, 0.15) is 0 Å². The van der Waals surface area contributed by atoms with Crippen molar-refractivity contribution in [2.75, 3.05) is 0 Å². The molecule has 4 nitrogen and oxygen atoms in total. The molecule has 0 saturated carbocycles. The smallest absolute Gasteiger partial charge is 0.272 e. The lowest BCUT2D eigenvalue weighted by atomic mass is 10.1. The average Bonchev–Trinajstić information content (AvgIpc) is 2.72. The van der Waals surface area contributed by atoms with Crippen molar-refractivity contribution in [2.24, 2.45) is 5.92 Å². The number of nitrogens with one attached hydrogen (secondary N) is 2. The molecule has 0 fully saturated rings. The summed E-state index contributed by atoms with van der Waals surface area (Å²) in [7, 11) is 0. The number of carbonyl (C=O) groups is 1. The van der Waals surface area contributed by atoms with Crippen LogP contribution in [-0.2, 0) is 0 Å². The number of amides is 1. The van der Waals surface area contributed by atoms with E-state index in [2.05, 4.69) is 29.4 Å². The fourth-order valence-electron chi connectivity index (χ4n) is 1.58. The fraction of sp³-hybridized carbons (Fsp3) is 0.385. The van der Waals surface area contributed by atoms with Crippen LogP contribution in [0.25, 0.3) is 10.9 Å². The number of aromatic amines is 1. The molecule has 0 spiro atoms.